The van der Waals surface area contributed by atoms with Crippen LogP contribution in [-0.4, -0.2) is 42.3 Å². The van der Waals surface area contributed by atoms with Crippen LogP contribution in [0.4, 0.5) is 5.69 Å². The summed E-state index contributed by atoms with van der Waals surface area (Å²) in [6.45, 7) is 7.66. The zero-order valence-corrected chi connectivity index (χ0v) is 15.9. The van der Waals surface area contributed by atoms with Crippen molar-refractivity contribution in [2.45, 2.75) is 39.0 Å². The molecule has 0 bridgehead atoms. The number of carbonyl (C=O) groups is 1. The SMILES string of the molecule is Cc1cc(C)cc(N2C(=NC(=O)C(C)C)SC3CS(=O)(=O)CC32)c1. The van der Waals surface area contributed by atoms with Crippen molar-refractivity contribution in [1.29, 1.82) is 0 Å². The fraction of sp³-hybridized carbons (Fsp3) is 0.529. The van der Waals surface area contributed by atoms with Gasteiger partial charge >= 0.3 is 0 Å². The number of nitrogens with zero attached hydrogens (tertiary/aromatic N) is 2. The third kappa shape index (κ3) is 3.37. The van der Waals surface area contributed by atoms with Gasteiger partial charge in [0.15, 0.2) is 15.0 Å². The molecule has 7 heteroatoms. The number of carbonyl (C=O) groups excluding carboxylic acids is 1. The number of thioether (sulfide) groups is 1. The normalized spacial score (nSPS) is 27.0. The number of amidine groups is 1. The lowest BCUT2D eigenvalue weighted by Crippen LogP contribution is -2.38. The summed E-state index contributed by atoms with van der Waals surface area (Å²) in [7, 11) is -3.04. The molecule has 1 amide bonds. The average Bonchev–Trinajstić information content (AvgIpc) is 2.88. The van der Waals surface area contributed by atoms with E-state index in [4.69, 9.17) is 0 Å². The van der Waals surface area contributed by atoms with Crippen molar-refractivity contribution in [3.63, 3.8) is 0 Å². The monoisotopic (exact) mass is 366 g/mol. The number of amides is 1. The summed E-state index contributed by atoms with van der Waals surface area (Å²) in [5.74, 6) is -0.0801. The molecule has 24 heavy (non-hydrogen) atoms. The van der Waals surface area contributed by atoms with E-state index >= 15 is 0 Å². The van der Waals surface area contributed by atoms with Gasteiger partial charge in [-0.15, -0.1) is 0 Å². The molecule has 130 valence electrons. The molecule has 2 atom stereocenters. The molecule has 0 spiro atoms. The van der Waals surface area contributed by atoms with Gasteiger partial charge in [0.2, 0.25) is 0 Å². The first-order valence-electron chi connectivity index (χ1n) is 8.03. The molecule has 2 saturated heterocycles. The minimum Gasteiger partial charge on any atom is -0.316 e. The highest BCUT2D eigenvalue weighted by Crippen LogP contribution is 2.41. The maximum atomic E-state index is 12.1. The van der Waals surface area contributed by atoms with Gasteiger partial charge in [0.25, 0.3) is 5.91 Å². The van der Waals surface area contributed by atoms with Crippen LogP contribution < -0.4 is 4.90 Å². The molecule has 1 aromatic rings. The van der Waals surface area contributed by atoms with E-state index in [0.717, 1.165) is 16.8 Å². The standard InChI is InChI=1S/C17H22N2O3S2/c1-10(2)16(20)18-17-19(13-6-11(3)5-12(4)7-13)14-8-24(21,22)9-15(14)23-17/h5-7,10,14-15H,8-9H2,1-4H3. The van der Waals surface area contributed by atoms with Gasteiger partial charge in [-0.1, -0.05) is 31.7 Å². The number of aliphatic imine (C=N–C) groups is 1. The predicted molar refractivity (Wildman–Crippen MR) is 99.5 cm³/mol. The van der Waals surface area contributed by atoms with Crippen LogP contribution in [0.15, 0.2) is 23.2 Å². The molecule has 5 nitrogen and oxygen atoms in total. The Morgan fingerprint density at radius 3 is 2.42 bits per heavy atom. The van der Waals surface area contributed by atoms with Crippen LogP contribution >= 0.6 is 11.8 Å². The van der Waals surface area contributed by atoms with Gasteiger partial charge in [-0.2, -0.15) is 4.99 Å². The van der Waals surface area contributed by atoms with E-state index in [9.17, 15) is 13.2 Å². The molecule has 1 aromatic carbocycles. The van der Waals surface area contributed by atoms with Crippen LogP contribution in [0.1, 0.15) is 25.0 Å². The van der Waals surface area contributed by atoms with Gasteiger partial charge < -0.3 is 4.90 Å². The minimum absolute atomic E-state index is 0.0606. The summed E-state index contributed by atoms with van der Waals surface area (Å²) >= 11 is 1.42. The molecular formula is C17H22N2O3S2. The van der Waals surface area contributed by atoms with Gasteiger partial charge in [0.05, 0.1) is 17.5 Å². The first-order chi connectivity index (χ1) is 11.2. The summed E-state index contributed by atoms with van der Waals surface area (Å²) in [6, 6.07) is 5.97. The van der Waals surface area contributed by atoms with Crippen LogP contribution in [0.5, 0.6) is 0 Å². The first kappa shape index (κ1) is 17.5. The van der Waals surface area contributed by atoms with E-state index in [0.29, 0.717) is 5.17 Å². The highest BCUT2D eigenvalue weighted by atomic mass is 32.2. The number of hydrogen-bond donors (Lipinski definition) is 0. The maximum absolute atomic E-state index is 12.1. The van der Waals surface area contributed by atoms with Crippen molar-refractivity contribution in [3.05, 3.63) is 29.3 Å². The van der Waals surface area contributed by atoms with Crippen molar-refractivity contribution < 1.29 is 13.2 Å². The Bertz CT molecular complexity index is 795. The molecule has 2 heterocycles. The van der Waals surface area contributed by atoms with Gasteiger partial charge in [0.1, 0.15) is 0 Å². The van der Waals surface area contributed by atoms with E-state index in [1.165, 1.54) is 11.8 Å². The Morgan fingerprint density at radius 2 is 1.83 bits per heavy atom. The molecule has 0 aromatic heterocycles. The summed E-state index contributed by atoms with van der Waals surface area (Å²) in [6.07, 6.45) is 0. The fourth-order valence-electron chi connectivity index (χ4n) is 3.18. The van der Waals surface area contributed by atoms with E-state index in [2.05, 4.69) is 11.1 Å². The zero-order valence-electron chi connectivity index (χ0n) is 14.3. The minimum atomic E-state index is -3.04. The smallest absolute Gasteiger partial charge is 0.250 e. The van der Waals surface area contributed by atoms with Crippen molar-refractivity contribution >= 4 is 38.4 Å². The second kappa shape index (κ2) is 6.19. The Morgan fingerprint density at radius 1 is 1.21 bits per heavy atom. The number of fused-ring (bicyclic) bond motifs is 1. The number of rotatable bonds is 2. The second-order valence-corrected chi connectivity index (χ2v) is 10.3. The second-order valence-electron chi connectivity index (χ2n) is 6.90. The van der Waals surface area contributed by atoms with Crippen LogP contribution in [-0.2, 0) is 14.6 Å². The highest BCUT2D eigenvalue weighted by Gasteiger charge is 2.49. The molecular weight excluding hydrogens is 344 g/mol. The lowest BCUT2D eigenvalue weighted by atomic mass is 10.1. The molecule has 2 unspecified atom stereocenters. The third-order valence-corrected chi connectivity index (χ3v) is 7.46. The largest absolute Gasteiger partial charge is 0.316 e. The van der Waals surface area contributed by atoms with E-state index in [1.807, 2.05) is 44.7 Å². The highest BCUT2D eigenvalue weighted by molar-refractivity contribution is 8.16. The summed E-state index contributed by atoms with van der Waals surface area (Å²) in [5, 5.41) is 0.568. The van der Waals surface area contributed by atoms with Gasteiger partial charge in [-0.25, -0.2) is 8.42 Å². The molecule has 0 aliphatic carbocycles. The van der Waals surface area contributed by atoms with Crippen LogP contribution in [0.25, 0.3) is 0 Å². The number of benzene rings is 1. The van der Waals surface area contributed by atoms with E-state index < -0.39 is 9.84 Å². The number of sulfone groups is 1. The number of anilines is 1. The topological polar surface area (TPSA) is 66.8 Å². The lowest BCUT2D eigenvalue weighted by Gasteiger charge is -2.25. The predicted octanol–water partition coefficient (Wildman–Crippen LogP) is 2.56. The van der Waals surface area contributed by atoms with Crippen molar-refractivity contribution in [2.75, 3.05) is 16.4 Å². The van der Waals surface area contributed by atoms with Gasteiger partial charge in [-0.3, -0.25) is 4.79 Å². The van der Waals surface area contributed by atoms with Crippen molar-refractivity contribution in [1.82, 2.24) is 0 Å². The van der Waals surface area contributed by atoms with Crippen LogP contribution in [0, 0.1) is 19.8 Å². The summed E-state index contributed by atoms with van der Waals surface area (Å²) in [5.41, 5.74) is 3.13. The molecule has 3 rings (SSSR count). The van der Waals surface area contributed by atoms with E-state index in [-0.39, 0.29) is 34.6 Å². The van der Waals surface area contributed by atoms with Crippen molar-refractivity contribution in [2.24, 2.45) is 10.9 Å². The number of hydrogen-bond acceptors (Lipinski definition) is 4. The summed E-state index contributed by atoms with van der Waals surface area (Å²) in [4.78, 5) is 18.4. The Labute approximate surface area is 147 Å². The van der Waals surface area contributed by atoms with Crippen molar-refractivity contribution in [3.8, 4) is 0 Å². The Balaban J connectivity index is 2.06. The lowest BCUT2D eigenvalue weighted by molar-refractivity contribution is -0.120. The quantitative estimate of drug-likeness (QED) is 0.805. The average molecular weight is 367 g/mol. The maximum Gasteiger partial charge on any atom is 0.250 e. The van der Waals surface area contributed by atoms with Gasteiger partial charge in [0, 0.05) is 16.9 Å². The zero-order chi connectivity index (χ0) is 17.6. The third-order valence-electron chi connectivity index (χ3n) is 4.25. The molecule has 2 fully saturated rings. The fourth-order valence-corrected chi connectivity index (χ4v) is 7.10. The van der Waals surface area contributed by atoms with Crippen LogP contribution in [0.2, 0.25) is 0 Å². The number of aryl methyl sites for hydroxylation is 2. The molecule has 0 radical (unpaired) electrons. The Hall–Kier alpha value is -1.34. The molecule has 0 saturated carbocycles. The molecule has 0 N–H and O–H groups in total. The Kier molecular flexibility index (Phi) is 4.51. The molecule has 2 aliphatic heterocycles. The van der Waals surface area contributed by atoms with Gasteiger partial charge in [-0.05, 0) is 37.1 Å². The molecule has 2 aliphatic rings. The van der Waals surface area contributed by atoms with Crippen LogP contribution in [0.3, 0.4) is 0 Å². The summed E-state index contributed by atoms with van der Waals surface area (Å²) < 4.78 is 24.1. The van der Waals surface area contributed by atoms with E-state index in [1.54, 1.807) is 0 Å². The first-order valence-corrected chi connectivity index (χ1v) is 10.7.